The fourth-order valence-electron chi connectivity index (χ4n) is 5.79. The summed E-state index contributed by atoms with van der Waals surface area (Å²) in [5, 5.41) is 12.7. The average Bonchev–Trinajstić information content (AvgIpc) is 3.59. The molecule has 0 unspecified atom stereocenters. The molecule has 2 amide bonds. The zero-order chi connectivity index (χ0) is 28.7. The highest BCUT2D eigenvalue weighted by molar-refractivity contribution is 7.14. The number of halogens is 1. The summed E-state index contributed by atoms with van der Waals surface area (Å²) in [6, 6.07) is 7.59. The van der Waals surface area contributed by atoms with E-state index in [1.807, 2.05) is 29.6 Å². The lowest BCUT2D eigenvalue weighted by Gasteiger charge is -2.29. The molecule has 1 N–H and O–H groups in total. The predicted molar refractivity (Wildman–Crippen MR) is 157 cm³/mol. The molecule has 4 heterocycles. The Hall–Kier alpha value is -3.34. The maximum atomic E-state index is 13.9. The largest absolute Gasteiger partial charge is 0.481 e. The second kappa shape index (κ2) is 11.5. The number of amides is 2. The van der Waals surface area contributed by atoms with Gasteiger partial charge in [0.05, 0.1) is 18.5 Å². The van der Waals surface area contributed by atoms with E-state index in [1.165, 1.54) is 11.3 Å². The zero-order valence-corrected chi connectivity index (χ0v) is 24.3. The summed E-state index contributed by atoms with van der Waals surface area (Å²) >= 11 is 7.81. The molecule has 1 aromatic carbocycles. The van der Waals surface area contributed by atoms with Crippen LogP contribution in [0.4, 0.5) is 10.9 Å². The van der Waals surface area contributed by atoms with Crippen LogP contribution in [0.5, 0.6) is 0 Å². The van der Waals surface area contributed by atoms with Gasteiger partial charge in [0.2, 0.25) is 11.8 Å². The summed E-state index contributed by atoms with van der Waals surface area (Å²) in [4.78, 5) is 50.6. The first-order valence-corrected chi connectivity index (χ1v) is 15.2. The topological polar surface area (TPSA) is 113 Å². The van der Waals surface area contributed by atoms with Gasteiger partial charge in [-0.1, -0.05) is 17.7 Å². The van der Waals surface area contributed by atoms with E-state index in [1.54, 1.807) is 23.0 Å². The van der Waals surface area contributed by atoms with Crippen molar-refractivity contribution in [3.05, 3.63) is 46.4 Å². The maximum absolute atomic E-state index is 13.9. The molecular formula is C30H31ClN4O5S. The van der Waals surface area contributed by atoms with Crippen LogP contribution < -0.4 is 9.80 Å². The van der Waals surface area contributed by atoms with E-state index in [2.05, 4.69) is 4.98 Å². The van der Waals surface area contributed by atoms with Crippen LogP contribution in [0.1, 0.15) is 44.1 Å². The highest BCUT2D eigenvalue weighted by Gasteiger charge is 2.40. The summed E-state index contributed by atoms with van der Waals surface area (Å²) in [6.45, 7) is 1.30. The number of aromatic nitrogens is 2. The molecule has 1 saturated carbocycles. The number of anilines is 2. The zero-order valence-electron chi connectivity index (χ0n) is 22.7. The Morgan fingerprint density at radius 1 is 1.20 bits per heavy atom. The van der Waals surface area contributed by atoms with Gasteiger partial charge in [0.15, 0.2) is 5.13 Å². The number of nitrogens with zero attached hydrogens (tertiary/aromatic N) is 4. The molecule has 9 nitrogen and oxygen atoms in total. The Labute approximate surface area is 247 Å². The van der Waals surface area contributed by atoms with Crippen molar-refractivity contribution in [2.45, 2.75) is 51.0 Å². The lowest BCUT2D eigenvalue weighted by Crippen LogP contribution is -2.40. The Kier molecular flexibility index (Phi) is 7.80. The lowest BCUT2D eigenvalue weighted by molar-refractivity contribution is -0.141. The normalized spacial score (nSPS) is 17.9. The first kappa shape index (κ1) is 27.8. The standard InChI is InChI=1S/C30H31ClN4O5S/c1-34-26(36)12-18-11-20(15-32-28(18)34)23-5-2-21(31)14-24(23)25-16-41-30(33-25)35(22-3-4-22)29(39)19(13-27(37)38)10-17-6-8-40-9-7-17/h2,5,11,14-17,19,22H,3-4,6-10,12-13H2,1H3,(H,37,38)/t19-/m1/s1. The predicted octanol–water partition coefficient (Wildman–Crippen LogP) is 5.45. The summed E-state index contributed by atoms with van der Waals surface area (Å²) in [7, 11) is 1.73. The van der Waals surface area contributed by atoms with Gasteiger partial charge in [-0.15, -0.1) is 11.3 Å². The molecule has 3 aliphatic rings. The number of ether oxygens (including phenoxy) is 1. The highest BCUT2D eigenvalue weighted by Crippen LogP contribution is 2.41. The summed E-state index contributed by atoms with van der Waals surface area (Å²) < 4.78 is 5.46. The average molecular weight is 595 g/mol. The molecule has 1 atom stereocenters. The van der Waals surface area contributed by atoms with Crippen LogP contribution >= 0.6 is 22.9 Å². The minimum absolute atomic E-state index is 0.00739. The van der Waals surface area contributed by atoms with Gasteiger partial charge >= 0.3 is 5.97 Å². The van der Waals surface area contributed by atoms with Crippen LogP contribution in [0, 0.1) is 11.8 Å². The molecule has 2 fully saturated rings. The molecule has 11 heteroatoms. The van der Waals surface area contributed by atoms with Crippen molar-refractivity contribution in [2.24, 2.45) is 11.8 Å². The van der Waals surface area contributed by atoms with Crippen molar-refractivity contribution in [3.8, 4) is 22.4 Å². The number of carboxylic acids is 1. The Morgan fingerprint density at radius 3 is 2.71 bits per heavy atom. The van der Waals surface area contributed by atoms with Gasteiger partial charge in [0, 0.05) is 65.5 Å². The number of benzene rings is 1. The molecule has 214 valence electrons. The van der Waals surface area contributed by atoms with Gasteiger partial charge in [-0.05, 0) is 61.8 Å². The maximum Gasteiger partial charge on any atom is 0.304 e. The number of aliphatic carboxylic acids is 1. The van der Waals surface area contributed by atoms with Crippen molar-refractivity contribution in [1.82, 2.24) is 9.97 Å². The molecule has 2 aromatic heterocycles. The fourth-order valence-corrected chi connectivity index (χ4v) is 6.86. The van der Waals surface area contributed by atoms with E-state index in [9.17, 15) is 19.5 Å². The minimum Gasteiger partial charge on any atom is -0.481 e. The molecule has 0 bridgehead atoms. The number of thiazole rings is 1. The van der Waals surface area contributed by atoms with E-state index in [4.69, 9.17) is 21.3 Å². The van der Waals surface area contributed by atoms with E-state index in [-0.39, 0.29) is 30.2 Å². The monoisotopic (exact) mass is 594 g/mol. The van der Waals surface area contributed by atoms with Crippen LogP contribution in [0.15, 0.2) is 35.8 Å². The summed E-state index contributed by atoms with van der Waals surface area (Å²) in [6.07, 6.45) is 5.82. The lowest BCUT2D eigenvalue weighted by atomic mass is 9.86. The molecule has 3 aromatic rings. The second-order valence-corrected chi connectivity index (χ2v) is 12.3. The number of carbonyl (C=O) groups excluding carboxylic acids is 2. The van der Waals surface area contributed by atoms with Gasteiger partial charge in [0.25, 0.3) is 0 Å². The molecule has 1 saturated heterocycles. The van der Waals surface area contributed by atoms with E-state index in [0.29, 0.717) is 47.7 Å². The van der Waals surface area contributed by atoms with Gasteiger partial charge < -0.3 is 9.84 Å². The van der Waals surface area contributed by atoms with E-state index < -0.39 is 11.9 Å². The van der Waals surface area contributed by atoms with Crippen molar-refractivity contribution < 1.29 is 24.2 Å². The molecule has 1 aliphatic carbocycles. The first-order chi connectivity index (χ1) is 19.8. The summed E-state index contributed by atoms with van der Waals surface area (Å²) in [5.74, 6) is -0.789. The number of carboxylic acid groups (broad SMARTS) is 1. The molecule has 0 spiro atoms. The smallest absolute Gasteiger partial charge is 0.304 e. The van der Waals surface area contributed by atoms with Gasteiger partial charge in [-0.3, -0.25) is 24.2 Å². The van der Waals surface area contributed by atoms with Crippen LogP contribution in [-0.4, -0.2) is 59.2 Å². The number of hydrogen-bond acceptors (Lipinski definition) is 7. The van der Waals surface area contributed by atoms with Crippen molar-refractivity contribution in [1.29, 1.82) is 0 Å². The van der Waals surface area contributed by atoms with Gasteiger partial charge in [0.1, 0.15) is 5.82 Å². The molecular weight excluding hydrogens is 564 g/mol. The number of likely N-dealkylation sites (N-methyl/N-ethyl adjacent to an activating group) is 1. The van der Waals surface area contributed by atoms with Gasteiger partial charge in [-0.25, -0.2) is 9.97 Å². The number of carbonyl (C=O) groups is 3. The Morgan fingerprint density at radius 2 is 1.98 bits per heavy atom. The number of hydrogen-bond donors (Lipinski definition) is 1. The number of pyridine rings is 1. The Balaban J connectivity index is 1.31. The van der Waals surface area contributed by atoms with Crippen molar-refractivity contribution in [3.63, 3.8) is 0 Å². The Bertz CT molecular complexity index is 1500. The second-order valence-electron chi connectivity index (χ2n) is 11.1. The number of fused-ring (bicyclic) bond motifs is 1. The highest BCUT2D eigenvalue weighted by atomic mass is 35.5. The quantitative estimate of drug-likeness (QED) is 0.350. The summed E-state index contributed by atoms with van der Waals surface area (Å²) in [5.41, 5.74) is 4.06. The third-order valence-corrected chi connectivity index (χ3v) is 9.20. The molecule has 2 aliphatic heterocycles. The van der Waals surface area contributed by atoms with Crippen LogP contribution in [0.3, 0.4) is 0 Å². The first-order valence-electron chi connectivity index (χ1n) is 13.9. The van der Waals surface area contributed by atoms with Gasteiger partial charge in [-0.2, -0.15) is 0 Å². The minimum atomic E-state index is -0.967. The van der Waals surface area contributed by atoms with Crippen LogP contribution in [0.25, 0.3) is 22.4 Å². The van der Waals surface area contributed by atoms with Crippen molar-refractivity contribution in [2.75, 3.05) is 30.1 Å². The SMILES string of the molecule is CN1C(=O)Cc2cc(-c3ccc(Cl)cc3-c3csc(N(C(=O)[C@@H](CC(=O)O)CC4CCOCC4)C4CC4)n3)cnc21. The third kappa shape index (κ3) is 5.86. The molecule has 41 heavy (non-hydrogen) atoms. The van der Waals surface area contributed by atoms with Crippen LogP contribution in [0.2, 0.25) is 5.02 Å². The molecule has 6 rings (SSSR count). The fraction of sp³-hybridized carbons (Fsp3) is 0.433. The molecule has 0 radical (unpaired) electrons. The third-order valence-electron chi connectivity index (χ3n) is 8.12. The number of rotatable bonds is 9. The van der Waals surface area contributed by atoms with Crippen molar-refractivity contribution >= 4 is 51.7 Å². The van der Waals surface area contributed by atoms with E-state index in [0.717, 1.165) is 47.9 Å². The van der Waals surface area contributed by atoms with E-state index >= 15 is 0 Å². The van der Waals surface area contributed by atoms with Crippen LogP contribution in [-0.2, 0) is 25.5 Å².